The van der Waals surface area contributed by atoms with Crippen molar-refractivity contribution in [3.05, 3.63) is 77.1 Å². The normalized spacial score (nSPS) is 11.6. The van der Waals surface area contributed by atoms with Crippen LogP contribution in [0.15, 0.2) is 59.9 Å². The molecule has 0 spiro atoms. The van der Waals surface area contributed by atoms with Crippen molar-refractivity contribution in [1.82, 2.24) is 9.55 Å². The highest BCUT2D eigenvalue weighted by molar-refractivity contribution is 7.98. The average Bonchev–Trinajstić information content (AvgIpc) is 3.08. The Morgan fingerprint density at radius 3 is 2.64 bits per heavy atom. The lowest BCUT2D eigenvalue weighted by molar-refractivity contribution is -0.137. The standard InChI is InChI=1S/C20H19F3N2O2S/c1-27-18-8-3-2-6-15(18)11-25-17(12-26)10-24-19(25)28-13-14-5-4-7-16(9-14)20(21,22)23/h2-10,26H,11-13H2,1H3. The molecule has 2 aromatic carbocycles. The number of hydrogen-bond acceptors (Lipinski definition) is 4. The SMILES string of the molecule is COc1ccccc1Cn1c(CO)cnc1SCc1cccc(C(F)(F)F)c1. The summed E-state index contributed by atoms with van der Waals surface area (Å²) in [6.07, 6.45) is -2.79. The zero-order valence-electron chi connectivity index (χ0n) is 15.1. The Bertz CT molecular complexity index is 941. The fourth-order valence-corrected chi connectivity index (χ4v) is 3.73. The highest BCUT2D eigenvalue weighted by Crippen LogP contribution is 2.31. The molecule has 148 valence electrons. The monoisotopic (exact) mass is 408 g/mol. The molecule has 0 atom stereocenters. The van der Waals surface area contributed by atoms with Crippen molar-refractivity contribution in [3.63, 3.8) is 0 Å². The number of thioether (sulfide) groups is 1. The summed E-state index contributed by atoms with van der Waals surface area (Å²) in [5.41, 5.74) is 1.42. The van der Waals surface area contributed by atoms with E-state index >= 15 is 0 Å². The first kappa shape index (κ1) is 20.3. The van der Waals surface area contributed by atoms with Crippen LogP contribution in [-0.2, 0) is 25.1 Å². The molecular weight excluding hydrogens is 389 g/mol. The van der Waals surface area contributed by atoms with Gasteiger partial charge in [-0.3, -0.25) is 0 Å². The summed E-state index contributed by atoms with van der Waals surface area (Å²) in [5.74, 6) is 1.05. The first-order chi connectivity index (χ1) is 13.4. The Kier molecular flexibility index (Phi) is 6.31. The van der Waals surface area contributed by atoms with Crippen molar-refractivity contribution in [1.29, 1.82) is 0 Å². The highest BCUT2D eigenvalue weighted by Gasteiger charge is 2.30. The number of methoxy groups -OCH3 is 1. The van der Waals surface area contributed by atoms with E-state index in [9.17, 15) is 18.3 Å². The van der Waals surface area contributed by atoms with Gasteiger partial charge >= 0.3 is 6.18 Å². The van der Waals surface area contributed by atoms with Crippen molar-refractivity contribution >= 4 is 11.8 Å². The van der Waals surface area contributed by atoms with Crippen LogP contribution < -0.4 is 4.74 Å². The average molecular weight is 408 g/mol. The van der Waals surface area contributed by atoms with Gasteiger partial charge in [-0.15, -0.1) is 0 Å². The molecule has 28 heavy (non-hydrogen) atoms. The zero-order chi connectivity index (χ0) is 20.1. The van der Waals surface area contributed by atoms with Gasteiger partial charge in [0.2, 0.25) is 0 Å². The fourth-order valence-electron chi connectivity index (χ4n) is 2.79. The predicted molar refractivity (Wildman–Crippen MR) is 101 cm³/mol. The van der Waals surface area contributed by atoms with Gasteiger partial charge in [-0.2, -0.15) is 13.2 Å². The van der Waals surface area contributed by atoms with Crippen LogP contribution in [0.5, 0.6) is 5.75 Å². The fraction of sp³-hybridized carbons (Fsp3) is 0.250. The van der Waals surface area contributed by atoms with E-state index < -0.39 is 11.7 Å². The molecule has 1 N–H and O–H groups in total. The number of benzene rings is 2. The van der Waals surface area contributed by atoms with Crippen LogP contribution in [-0.4, -0.2) is 21.8 Å². The Morgan fingerprint density at radius 1 is 1.14 bits per heavy atom. The minimum Gasteiger partial charge on any atom is -0.496 e. The number of hydrogen-bond donors (Lipinski definition) is 1. The Hall–Kier alpha value is -2.45. The number of rotatable bonds is 7. The number of ether oxygens (including phenoxy) is 1. The quantitative estimate of drug-likeness (QED) is 0.574. The molecule has 4 nitrogen and oxygen atoms in total. The third-order valence-electron chi connectivity index (χ3n) is 4.21. The van der Waals surface area contributed by atoms with Crippen molar-refractivity contribution in [2.45, 2.75) is 30.2 Å². The van der Waals surface area contributed by atoms with E-state index in [0.29, 0.717) is 34.5 Å². The molecule has 8 heteroatoms. The third kappa shape index (κ3) is 4.69. The van der Waals surface area contributed by atoms with Crippen LogP contribution in [0.2, 0.25) is 0 Å². The van der Waals surface area contributed by atoms with Gasteiger partial charge in [0, 0.05) is 11.3 Å². The highest BCUT2D eigenvalue weighted by atomic mass is 32.2. The van der Waals surface area contributed by atoms with Crippen molar-refractivity contribution < 1.29 is 23.0 Å². The molecule has 0 aliphatic rings. The molecule has 1 aromatic heterocycles. The van der Waals surface area contributed by atoms with Gasteiger partial charge in [-0.25, -0.2) is 4.98 Å². The Morgan fingerprint density at radius 2 is 1.93 bits per heavy atom. The molecule has 0 radical (unpaired) electrons. The summed E-state index contributed by atoms with van der Waals surface area (Å²) < 4.78 is 45.9. The molecule has 0 saturated heterocycles. The summed E-state index contributed by atoms with van der Waals surface area (Å²) >= 11 is 1.32. The molecule has 0 fully saturated rings. The molecular formula is C20H19F3N2O2S. The molecule has 0 saturated carbocycles. The smallest absolute Gasteiger partial charge is 0.416 e. The largest absolute Gasteiger partial charge is 0.496 e. The van der Waals surface area contributed by atoms with E-state index in [1.54, 1.807) is 19.4 Å². The van der Waals surface area contributed by atoms with E-state index in [1.807, 2.05) is 28.8 Å². The maximum absolute atomic E-state index is 12.9. The third-order valence-corrected chi connectivity index (χ3v) is 5.27. The summed E-state index contributed by atoms with van der Waals surface area (Å²) in [7, 11) is 1.59. The second-order valence-electron chi connectivity index (χ2n) is 6.08. The summed E-state index contributed by atoms with van der Waals surface area (Å²) in [5, 5.41) is 10.2. The van der Waals surface area contributed by atoms with Gasteiger partial charge in [0.1, 0.15) is 5.75 Å². The molecule has 0 aliphatic heterocycles. The predicted octanol–water partition coefficient (Wildman–Crippen LogP) is 4.74. The number of alkyl halides is 3. The van der Waals surface area contributed by atoms with Crippen LogP contribution in [0.1, 0.15) is 22.4 Å². The molecule has 0 bridgehead atoms. The second-order valence-corrected chi connectivity index (χ2v) is 7.02. The van der Waals surface area contributed by atoms with Gasteiger partial charge < -0.3 is 14.4 Å². The molecule has 0 aliphatic carbocycles. The summed E-state index contributed by atoms with van der Waals surface area (Å²) in [4.78, 5) is 4.33. The molecule has 3 aromatic rings. The molecule has 1 heterocycles. The number of imidazole rings is 1. The molecule has 3 rings (SSSR count). The van der Waals surface area contributed by atoms with Crippen molar-refractivity contribution in [3.8, 4) is 5.75 Å². The van der Waals surface area contributed by atoms with Gasteiger partial charge in [-0.1, -0.05) is 48.2 Å². The van der Waals surface area contributed by atoms with Crippen molar-refractivity contribution in [2.75, 3.05) is 7.11 Å². The van der Waals surface area contributed by atoms with E-state index in [2.05, 4.69) is 4.98 Å². The zero-order valence-corrected chi connectivity index (χ0v) is 15.9. The second kappa shape index (κ2) is 8.70. The van der Waals surface area contributed by atoms with Gasteiger partial charge in [0.05, 0.1) is 37.7 Å². The van der Waals surface area contributed by atoms with E-state index in [1.165, 1.54) is 17.8 Å². The maximum Gasteiger partial charge on any atom is 0.416 e. The number of aliphatic hydroxyl groups excluding tert-OH is 1. The topological polar surface area (TPSA) is 47.3 Å². The van der Waals surface area contributed by atoms with Crippen LogP contribution in [0, 0.1) is 0 Å². The summed E-state index contributed by atoms with van der Waals surface area (Å²) in [6, 6.07) is 12.8. The van der Waals surface area contributed by atoms with Crippen LogP contribution in [0.3, 0.4) is 0 Å². The molecule has 0 unspecified atom stereocenters. The van der Waals surface area contributed by atoms with Gasteiger partial charge in [0.15, 0.2) is 5.16 Å². The van der Waals surface area contributed by atoms with Crippen LogP contribution in [0.4, 0.5) is 13.2 Å². The molecule has 0 amide bonds. The lowest BCUT2D eigenvalue weighted by Gasteiger charge is -2.14. The van der Waals surface area contributed by atoms with Gasteiger partial charge in [0.25, 0.3) is 0 Å². The number of halogens is 3. The number of aromatic nitrogens is 2. The Balaban J connectivity index is 1.81. The van der Waals surface area contributed by atoms with Gasteiger partial charge in [-0.05, 0) is 17.7 Å². The number of para-hydroxylation sites is 1. The maximum atomic E-state index is 12.9. The van der Waals surface area contributed by atoms with Crippen LogP contribution >= 0.6 is 11.8 Å². The lowest BCUT2D eigenvalue weighted by atomic mass is 10.1. The van der Waals surface area contributed by atoms with E-state index in [4.69, 9.17) is 4.74 Å². The Labute approximate surface area is 165 Å². The summed E-state index contributed by atoms with van der Waals surface area (Å²) in [6.45, 7) is 0.247. The minimum absolute atomic E-state index is 0.188. The first-order valence-corrected chi connectivity index (χ1v) is 9.47. The van der Waals surface area contributed by atoms with Crippen LogP contribution in [0.25, 0.3) is 0 Å². The lowest BCUT2D eigenvalue weighted by Crippen LogP contribution is -2.07. The first-order valence-electron chi connectivity index (χ1n) is 8.48. The number of nitrogens with zero attached hydrogens (tertiary/aromatic N) is 2. The van der Waals surface area contributed by atoms with E-state index in [-0.39, 0.29) is 6.61 Å². The number of aliphatic hydroxyl groups is 1. The van der Waals surface area contributed by atoms with E-state index in [0.717, 1.165) is 17.7 Å². The minimum atomic E-state index is -4.37. The van der Waals surface area contributed by atoms with Crippen molar-refractivity contribution in [2.24, 2.45) is 0 Å².